The lowest BCUT2D eigenvalue weighted by Gasteiger charge is -2.23. The van der Waals surface area contributed by atoms with Crippen molar-refractivity contribution in [2.24, 2.45) is 0 Å². The van der Waals surface area contributed by atoms with E-state index in [4.69, 9.17) is 0 Å². The first kappa shape index (κ1) is 13.0. The maximum atomic E-state index is 11.4. The van der Waals surface area contributed by atoms with E-state index in [2.05, 4.69) is 6.07 Å². The van der Waals surface area contributed by atoms with Crippen LogP contribution in [0.1, 0.15) is 53.9 Å². The first-order valence-corrected chi connectivity index (χ1v) is 7.16. The fourth-order valence-electron chi connectivity index (χ4n) is 3.37. The van der Waals surface area contributed by atoms with E-state index in [0.717, 1.165) is 5.39 Å². The maximum Gasteiger partial charge on any atom is 0.340 e. The van der Waals surface area contributed by atoms with Crippen LogP contribution in [-0.4, -0.2) is 16.2 Å². The molecule has 0 atom stereocenters. The van der Waals surface area contributed by atoms with Gasteiger partial charge in [-0.3, -0.25) is 0 Å². The molecule has 1 fully saturated rings. The number of carboxylic acid groups (broad SMARTS) is 1. The lowest BCUT2D eigenvalue weighted by atomic mass is 9.81. The quantitative estimate of drug-likeness (QED) is 0.855. The second kappa shape index (κ2) is 5.16. The summed E-state index contributed by atoms with van der Waals surface area (Å²) in [5.74, 6) is -0.724. The van der Waals surface area contributed by atoms with Gasteiger partial charge in [-0.25, -0.2) is 4.79 Å². The number of fused-ring (bicyclic) bond motifs is 1. The van der Waals surface area contributed by atoms with E-state index in [0.29, 0.717) is 11.3 Å². The molecule has 0 radical (unpaired) electrons. The van der Waals surface area contributed by atoms with Gasteiger partial charge in [-0.15, -0.1) is 0 Å². The number of phenols is 1. The van der Waals surface area contributed by atoms with Gasteiger partial charge in [0, 0.05) is 5.39 Å². The minimum absolute atomic E-state index is 0.0140. The summed E-state index contributed by atoms with van der Waals surface area (Å²) in [5, 5.41) is 20.7. The maximum absolute atomic E-state index is 11.4. The van der Waals surface area contributed by atoms with Gasteiger partial charge in [0.1, 0.15) is 11.3 Å². The Balaban J connectivity index is 2.19. The van der Waals surface area contributed by atoms with Crippen molar-refractivity contribution >= 4 is 16.7 Å². The summed E-state index contributed by atoms with van der Waals surface area (Å²) < 4.78 is 0. The standard InChI is InChI=1S/C17H18O3/c18-15-10-9-13-12(11-5-2-1-3-6-11)7-4-8-14(13)16(15)17(19)20/h4,7-11,18H,1-3,5-6H2,(H,19,20). The van der Waals surface area contributed by atoms with Crippen LogP contribution in [0.3, 0.4) is 0 Å². The van der Waals surface area contributed by atoms with Crippen LogP contribution in [0, 0.1) is 0 Å². The topological polar surface area (TPSA) is 57.5 Å². The molecule has 104 valence electrons. The Kier molecular flexibility index (Phi) is 3.35. The van der Waals surface area contributed by atoms with Crippen molar-refractivity contribution in [3.05, 3.63) is 41.5 Å². The Hall–Kier alpha value is -2.03. The summed E-state index contributed by atoms with van der Waals surface area (Å²) in [6.45, 7) is 0. The number of aromatic hydroxyl groups is 1. The van der Waals surface area contributed by atoms with E-state index in [9.17, 15) is 15.0 Å². The lowest BCUT2D eigenvalue weighted by Crippen LogP contribution is -2.06. The molecule has 0 aromatic heterocycles. The summed E-state index contributed by atoms with van der Waals surface area (Å²) >= 11 is 0. The van der Waals surface area contributed by atoms with Crippen molar-refractivity contribution in [2.75, 3.05) is 0 Å². The van der Waals surface area contributed by atoms with Gasteiger partial charge in [0.15, 0.2) is 0 Å². The van der Waals surface area contributed by atoms with Crippen LogP contribution >= 0.6 is 0 Å². The fraction of sp³-hybridized carbons (Fsp3) is 0.353. The van der Waals surface area contributed by atoms with Gasteiger partial charge in [0.2, 0.25) is 0 Å². The summed E-state index contributed by atoms with van der Waals surface area (Å²) in [4.78, 5) is 11.4. The molecule has 0 bridgehead atoms. The van der Waals surface area contributed by atoms with Crippen molar-refractivity contribution in [1.82, 2.24) is 0 Å². The molecule has 0 heterocycles. The summed E-state index contributed by atoms with van der Waals surface area (Å²) in [6.07, 6.45) is 6.11. The smallest absolute Gasteiger partial charge is 0.340 e. The molecular weight excluding hydrogens is 252 g/mol. The number of aromatic carboxylic acids is 1. The van der Waals surface area contributed by atoms with Gasteiger partial charge in [0.05, 0.1) is 0 Å². The number of carbonyl (C=O) groups is 1. The van der Waals surface area contributed by atoms with Gasteiger partial charge in [-0.1, -0.05) is 43.5 Å². The third-order valence-electron chi connectivity index (χ3n) is 4.33. The highest BCUT2D eigenvalue weighted by Crippen LogP contribution is 2.38. The van der Waals surface area contributed by atoms with E-state index >= 15 is 0 Å². The molecule has 1 saturated carbocycles. The minimum atomic E-state index is -1.08. The van der Waals surface area contributed by atoms with Crippen LogP contribution in [0.15, 0.2) is 30.3 Å². The highest BCUT2D eigenvalue weighted by atomic mass is 16.4. The second-order valence-corrected chi connectivity index (χ2v) is 5.54. The average Bonchev–Trinajstić information content (AvgIpc) is 2.46. The van der Waals surface area contributed by atoms with E-state index < -0.39 is 5.97 Å². The molecule has 1 aliphatic carbocycles. The minimum Gasteiger partial charge on any atom is -0.507 e. The summed E-state index contributed by atoms with van der Waals surface area (Å²) in [5.41, 5.74) is 1.24. The third kappa shape index (κ3) is 2.13. The molecule has 2 N–H and O–H groups in total. The van der Waals surface area contributed by atoms with Gasteiger partial charge in [-0.05, 0) is 35.8 Å². The molecule has 1 aliphatic rings. The number of rotatable bonds is 2. The van der Waals surface area contributed by atoms with E-state index in [1.54, 1.807) is 6.07 Å². The molecular formula is C17H18O3. The Bertz CT molecular complexity index is 655. The van der Waals surface area contributed by atoms with Gasteiger partial charge < -0.3 is 10.2 Å². The highest BCUT2D eigenvalue weighted by Gasteiger charge is 2.20. The zero-order chi connectivity index (χ0) is 14.1. The zero-order valence-corrected chi connectivity index (χ0v) is 11.3. The Morgan fingerprint density at radius 1 is 1.00 bits per heavy atom. The zero-order valence-electron chi connectivity index (χ0n) is 11.3. The molecule has 2 aromatic rings. The van der Waals surface area contributed by atoms with Crippen LogP contribution in [0.5, 0.6) is 5.75 Å². The van der Waals surface area contributed by atoms with Gasteiger partial charge >= 0.3 is 5.97 Å². The summed E-state index contributed by atoms with van der Waals surface area (Å²) in [6, 6.07) is 9.13. The van der Waals surface area contributed by atoms with E-state index in [-0.39, 0.29) is 11.3 Å². The fourth-order valence-corrected chi connectivity index (χ4v) is 3.37. The predicted molar refractivity (Wildman–Crippen MR) is 78.4 cm³/mol. The second-order valence-electron chi connectivity index (χ2n) is 5.54. The van der Waals surface area contributed by atoms with Gasteiger partial charge in [0.25, 0.3) is 0 Å². The first-order valence-electron chi connectivity index (χ1n) is 7.16. The van der Waals surface area contributed by atoms with Crippen LogP contribution in [0.4, 0.5) is 0 Å². The largest absolute Gasteiger partial charge is 0.507 e. The lowest BCUT2D eigenvalue weighted by molar-refractivity contribution is 0.0696. The molecule has 3 nitrogen and oxygen atoms in total. The Labute approximate surface area is 117 Å². The van der Waals surface area contributed by atoms with Crippen LogP contribution in [0.2, 0.25) is 0 Å². The predicted octanol–water partition coefficient (Wildman–Crippen LogP) is 4.29. The molecule has 3 heteroatoms. The van der Waals surface area contributed by atoms with Crippen molar-refractivity contribution in [3.8, 4) is 5.75 Å². The average molecular weight is 270 g/mol. The number of hydrogen-bond donors (Lipinski definition) is 2. The number of benzene rings is 2. The van der Waals surface area contributed by atoms with Gasteiger partial charge in [-0.2, -0.15) is 0 Å². The molecule has 0 unspecified atom stereocenters. The van der Waals surface area contributed by atoms with E-state index in [1.807, 2.05) is 12.1 Å². The van der Waals surface area contributed by atoms with Crippen LogP contribution < -0.4 is 0 Å². The molecule has 2 aromatic carbocycles. The molecule has 0 aliphatic heterocycles. The number of carboxylic acids is 1. The SMILES string of the molecule is O=C(O)c1c(O)ccc2c(C3CCCCC3)cccc12. The Morgan fingerprint density at radius 2 is 1.75 bits per heavy atom. The Morgan fingerprint density at radius 3 is 2.45 bits per heavy atom. The van der Waals surface area contributed by atoms with Crippen molar-refractivity contribution in [1.29, 1.82) is 0 Å². The molecule has 3 rings (SSSR count). The van der Waals surface area contributed by atoms with Crippen molar-refractivity contribution in [2.45, 2.75) is 38.0 Å². The highest BCUT2D eigenvalue weighted by molar-refractivity contribution is 6.07. The number of hydrogen-bond acceptors (Lipinski definition) is 2. The summed E-state index contributed by atoms with van der Waals surface area (Å²) in [7, 11) is 0. The monoisotopic (exact) mass is 270 g/mol. The third-order valence-corrected chi connectivity index (χ3v) is 4.33. The molecule has 0 saturated heterocycles. The van der Waals surface area contributed by atoms with E-state index in [1.165, 1.54) is 43.7 Å². The van der Waals surface area contributed by atoms with Crippen molar-refractivity contribution in [3.63, 3.8) is 0 Å². The molecule has 20 heavy (non-hydrogen) atoms. The van der Waals surface area contributed by atoms with Crippen LogP contribution in [0.25, 0.3) is 10.8 Å². The molecule has 0 amide bonds. The van der Waals surface area contributed by atoms with Crippen molar-refractivity contribution < 1.29 is 15.0 Å². The normalized spacial score (nSPS) is 16.4. The van der Waals surface area contributed by atoms with Crippen LogP contribution in [-0.2, 0) is 0 Å². The first-order chi connectivity index (χ1) is 9.68. The molecule has 0 spiro atoms.